The summed E-state index contributed by atoms with van der Waals surface area (Å²) in [5.74, 6) is 1.14. The van der Waals surface area contributed by atoms with Gasteiger partial charge in [0.25, 0.3) is 0 Å². The molecule has 3 N–H and O–H groups in total. The number of aryl methyl sites for hydroxylation is 1. The van der Waals surface area contributed by atoms with Crippen LogP contribution in [0.25, 0.3) is 0 Å². The lowest BCUT2D eigenvalue weighted by atomic mass is 9.92. The molecule has 0 saturated carbocycles. The molecule has 2 atom stereocenters. The van der Waals surface area contributed by atoms with Crippen molar-refractivity contribution in [3.63, 3.8) is 0 Å². The van der Waals surface area contributed by atoms with Gasteiger partial charge in [-0.05, 0) is 37.9 Å². The Hall–Kier alpha value is -1.13. The summed E-state index contributed by atoms with van der Waals surface area (Å²) in [4.78, 5) is 4.28. The number of nitrogens with one attached hydrogen (secondary N) is 1. The van der Waals surface area contributed by atoms with Crippen LogP contribution in [0.3, 0.4) is 0 Å². The first-order chi connectivity index (χ1) is 8.72. The van der Waals surface area contributed by atoms with Crippen LogP contribution in [-0.4, -0.2) is 24.7 Å². The van der Waals surface area contributed by atoms with Crippen molar-refractivity contribution >= 4 is 5.82 Å². The molecule has 18 heavy (non-hydrogen) atoms. The van der Waals surface area contributed by atoms with Gasteiger partial charge in [0.15, 0.2) is 0 Å². The number of nitrogens with two attached hydrogens (primary N) is 1. The molecule has 0 amide bonds. The van der Waals surface area contributed by atoms with E-state index in [4.69, 9.17) is 10.5 Å². The Bertz CT molecular complexity index is 389. The third-order valence-electron chi connectivity index (χ3n) is 3.47. The van der Waals surface area contributed by atoms with E-state index in [9.17, 15) is 0 Å². The first-order valence-electron chi connectivity index (χ1n) is 6.75. The van der Waals surface area contributed by atoms with Gasteiger partial charge < -0.3 is 15.8 Å². The maximum Gasteiger partial charge on any atom is 0.128 e. The van der Waals surface area contributed by atoms with Crippen LogP contribution in [0.5, 0.6) is 0 Å². The summed E-state index contributed by atoms with van der Waals surface area (Å²) in [6.45, 7) is 6.89. The number of anilines is 1. The molecule has 1 aromatic heterocycles. The number of ether oxygens (including phenoxy) is 1. The fraction of sp³-hybridized carbons (Fsp3) is 0.643. The van der Waals surface area contributed by atoms with E-state index in [0.717, 1.165) is 43.7 Å². The molecule has 2 heterocycles. The Labute approximate surface area is 109 Å². The molecule has 0 spiro atoms. The highest BCUT2D eigenvalue weighted by molar-refractivity contribution is 5.43. The highest BCUT2D eigenvalue weighted by Gasteiger charge is 2.28. The minimum absolute atomic E-state index is 0.264. The lowest BCUT2D eigenvalue weighted by molar-refractivity contribution is 0.176. The fourth-order valence-electron chi connectivity index (χ4n) is 2.50. The molecule has 4 heteroatoms. The van der Waals surface area contributed by atoms with Crippen LogP contribution >= 0.6 is 0 Å². The summed E-state index contributed by atoms with van der Waals surface area (Å²) < 4.78 is 5.51. The number of aromatic nitrogens is 1. The first kappa shape index (κ1) is 13.3. The monoisotopic (exact) mass is 249 g/mol. The largest absolute Gasteiger partial charge is 0.383 e. The highest BCUT2D eigenvalue weighted by atomic mass is 16.5. The maximum absolute atomic E-state index is 6.04. The summed E-state index contributed by atoms with van der Waals surface area (Å²) in [6, 6.07) is 2.41. The summed E-state index contributed by atoms with van der Waals surface area (Å²) in [5.41, 5.74) is 8.32. The Kier molecular flexibility index (Phi) is 4.55. The average Bonchev–Trinajstić information content (AvgIpc) is 2.88. The molecule has 4 nitrogen and oxygen atoms in total. The summed E-state index contributed by atoms with van der Waals surface area (Å²) in [5, 5.41) is 3.60. The molecule has 1 aliphatic rings. The smallest absolute Gasteiger partial charge is 0.128 e. The Morgan fingerprint density at radius 1 is 1.61 bits per heavy atom. The van der Waals surface area contributed by atoms with E-state index in [1.807, 2.05) is 6.20 Å². The molecule has 0 bridgehead atoms. The standard InChI is InChI=1S/C14H23N3O/c1-3-5-16-13(11-4-6-18-9-11)12-7-10(2)8-17-14(12)15/h7-8,11,13,16H,3-6,9H2,1-2H3,(H2,15,17). The quantitative estimate of drug-likeness (QED) is 0.838. The maximum atomic E-state index is 6.04. The van der Waals surface area contributed by atoms with Crippen molar-refractivity contribution in [1.82, 2.24) is 10.3 Å². The van der Waals surface area contributed by atoms with E-state index in [2.05, 4.69) is 30.2 Å². The van der Waals surface area contributed by atoms with Gasteiger partial charge >= 0.3 is 0 Å². The number of nitrogens with zero attached hydrogens (tertiary/aromatic N) is 1. The van der Waals surface area contributed by atoms with Crippen LogP contribution < -0.4 is 11.1 Å². The molecule has 2 rings (SSSR count). The first-order valence-corrected chi connectivity index (χ1v) is 6.75. The zero-order chi connectivity index (χ0) is 13.0. The number of rotatable bonds is 5. The van der Waals surface area contributed by atoms with Crippen molar-refractivity contribution in [2.75, 3.05) is 25.5 Å². The normalized spacial score (nSPS) is 21.1. The van der Waals surface area contributed by atoms with E-state index in [1.54, 1.807) is 0 Å². The Balaban J connectivity index is 2.23. The fourth-order valence-corrected chi connectivity index (χ4v) is 2.50. The lowest BCUT2D eigenvalue weighted by Gasteiger charge is -2.25. The molecule has 100 valence electrons. The molecule has 1 fully saturated rings. The van der Waals surface area contributed by atoms with Crippen LogP contribution in [0.4, 0.5) is 5.82 Å². The topological polar surface area (TPSA) is 60.2 Å². The third-order valence-corrected chi connectivity index (χ3v) is 3.47. The van der Waals surface area contributed by atoms with Gasteiger partial charge in [0.05, 0.1) is 6.61 Å². The van der Waals surface area contributed by atoms with Gasteiger partial charge in [-0.3, -0.25) is 0 Å². The number of pyridine rings is 1. The van der Waals surface area contributed by atoms with Gasteiger partial charge in [0.2, 0.25) is 0 Å². The molecule has 0 radical (unpaired) electrons. The Morgan fingerprint density at radius 3 is 3.11 bits per heavy atom. The number of hydrogen-bond acceptors (Lipinski definition) is 4. The van der Waals surface area contributed by atoms with Crippen molar-refractivity contribution in [1.29, 1.82) is 0 Å². The molecule has 1 aromatic rings. The van der Waals surface area contributed by atoms with E-state index >= 15 is 0 Å². The van der Waals surface area contributed by atoms with Gasteiger partial charge in [-0.25, -0.2) is 4.98 Å². The average molecular weight is 249 g/mol. The molecular weight excluding hydrogens is 226 g/mol. The van der Waals surface area contributed by atoms with E-state index in [0.29, 0.717) is 11.7 Å². The van der Waals surface area contributed by atoms with Gasteiger partial charge in [-0.15, -0.1) is 0 Å². The van der Waals surface area contributed by atoms with Crippen LogP contribution in [0.2, 0.25) is 0 Å². The van der Waals surface area contributed by atoms with Crippen molar-refractivity contribution in [3.05, 3.63) is 23.4 Å². The van der Waals surface area contributed by atoms with E-state index in [1.165, 1.54) is 0 Å². The summed E-state index contributed by atoms with van der Waals surface area (Å²) in [7, 11) is 0. The second-order valence-corrected chi connectivity index (χ2v) is 5.04. The molecule has 0 aliphatic carbocycles. The number of nitrogen functional groups attached to an aromatic ring is 1. The van der Waals surface area contributed by atoms with Crippen LogP contribution in [0.1, 0.15) is 36.9 Å². The van der Waals surface area contributed by atoms with E-state index < -0.39 is 0 Å². The molecule has 0 aromatic carbocycles. The van der Waals surface area contributed by atoms with Crippen molar-refractivity contribution < 1.29 is 4.74 Å². The zero-order valence-electron chi connectivity index (χ0n) is 11.3. The molecule has 2 unspecified atom stereocenters. The molecular formula is C14H23N3O. The summed E-state index contributed by atoms with van der Waals surface area (Å²) in [6.07, 6.45) is 4.03. The predicted molar refractivity (Wildman–Crippen MR) is 73.3 cm³/mol. The predicted octanol–water partition coefficient (Wildman–Crippen LogP) is 2.05. The van der Waals surface area contributed by atoms with E-state index in [-0.39, 0.29) is 6.04 Å². The summed E-state index contributed by atoms with van der Waals surface area (Å²) >= 11 is 0. The minimum Gasteiger partial charge on any atom is -0.383 e. The third kappa shape index (κ3) is 3.00. The van der Waals surface area contributed by atoms with Crippen molar-refractivity contribution in [3.8, 4) is 0 Å². The van der Waals surface area contributed by atoms with Gasteiger partial charge in [0.1, 0.15) is 5.82 Å². The van der Waals surface area contributed by atoms with Crippen molar-refractivity contribution in [2.24, 2.45) is 5.92 Å². The zero-order valence-corrected chi connectivity index (χ0v) is 11.3. The molecule has 1 aliphatic heterocycles. The Morgan fingerprint density at radius 2 is 2.44 bits per heavy atom. The van der Waals surface area contributed by atoms with Crippen LogP contribution in [0.15, 0.2) is 12.3 Å². The van der Waals surface area contributed by atoms with Gasteiger partial charge in [0, 0.05) is 30.3 Å². The number of hydrogen-bond donors (Lipinski definition) is 2. The minimum atomic E-state index is 0.264. The van der Waals surface area contributed by atoms with Gasteiger partial charge in [-0.1, -0.05) is 6.92 Å². The second-order valence-electron chi connectivity index (χ2n) is 5.04. The molecule has 1 saturated heterocycles. The van der Waals surface area contributed by atoms with Crippen LogP contribution in [0, 0.1) is 12.8 Å². The van der Waals surface area contributed by atoms with Crippen LogP contribution in [-0.2, 0) is 4.74 Å². The second kappa shape index (κ2) is 6.16. The SMILES string of the molecule is CCCNC(c1cc(C)cnc1N)C1CCOC1. The van der Waals surface area contributed by atoms with Gasteiger partial charge in [-0.2, -0.15) is 0 Å². The van der Waals surface area contributed by atoms with Crippen molar-refractivity contribution in [2.45, 2.75) is 32.7 Å². The highest BCUT2D eigenvalue weighted by Crippen LogP contribution is 2.31. The lowest BCUT2D eigenvalue weighted by Crippen LogP contribution is -2.30.